The summed E-state index contributed by atoms with van der Waals surface area (Å²) in [7, 11) is 0. The van der Waals surface area contributed by atoms with Crippen molar-refractivity contribution in [2.45, 2.75) is 19.8 Å². The van der Waals surface area contributed by atoms with Crippen molar-refractivity contribution in [3.63, 3.8) is 0 Å². The standard InChI is InChI=1S/C19H17Cl2N3O/c1-11(2)17-13-5-3-4-6-16(13)23-18(17)19(25)24-22-10-12-7-8-14(20)15(21)9-12/h3-11,23H,1-2H3,(H,24,25)/b22-10-. The molecule has 128 valence electrons. The fraction of sp³-hybridized carbons (Fsp3) is 0.158. The third-order valence-electron chi connectivity index (χ3n) is 3.87. The maximum atomic E-state index is 12.5. The van der Waals surface area contributed by atoms with Crippen LogP contribution in [0.25, 0.3) is 10.9 Å². The lowest BCUT2D eigenvalue weighted by Crippen LogP contribution is -2.19. The minimum Gasteiger partial charge on any atom is -0.350 e. The van der Waals surface area contributed by atoms with Gasteiger partial charge in [0.1, 0.15) is 5.69 Å². The van der Waals surface area contributed by atoms with Gasteiger partial charge in [0.15, 0.2) is 0 Å². The van der Waals surface area contributed by atoms with Crippen LogP contribution in [0.5, 0.6) is 0 Å². The SMILES string of the molecule is CC(C)c1c(C(=O)N/N=C\c2ccc(Cl)c(Cl)c2)[nH]c2ccccc12. The van der Waals surface area contributed by atoms with Crippen LogP contribution in [0.1, 0.15) is 41.4 Å². The lowest BCUT2D eigenvalue weighted by atomic mass is 9.99. The maximum absolute atomic E-state index is 12.5. The molecule has 0 spiro atoms. The number of para-hydroxylation sites is 1. The zero-order valence-corrected chi connectivity index (χ0v) is 15.3. The first kappa shape index (κ1) is 17.5. The molecule has 3 aromatic rings. The van der Waals surface area contributed by atoms with E-state index in [1.807, 2.05) is 24.3 Å². The highest BCUT2D eigenvalue weighted by molar-refractivity contribution is 6.42. The minimum atomic E-state index is -0.281. The molecule has 2 N–H and O–H groups in total. The predicted molar refractivity (Wildman–Crippen MR) is 104 cm³/mol. The van der Waals surface area contributed by atoms with Gasteiger partial charge in [0, 0.05) is 10.9 Å². The van der Waals surface area contributed by atoms with E-state index in [0.717, 1.165) is 22.0 Å². The zero-order chi connectivity index (χ0) is 18.0. The first-order chi connectivity index (χ1) is 12.0. The van der Waals surface area contributed by atoms with Gasteiger partial charge in [0.25, 0.3) is 5.91 Å². The molecule has 6 heteroatoms. The highest BCUT2D eigenvalue weighted by Crippen LogP contribution is 2.29. The smallest absolute Gasteiger partial charge is 0.288 e. The van der Waals surface area contributed by atoms with Gasteiger partial charge in [-0.3, -0.25) is 4.79 Å². The number of hydrogen-bond donors (Lipinski definition) is 2. The van der Waals surface area contributed by atoms with Crippen molar-refractivity contribution in [1.82, 2.24) is 10.4 Å². The van der Waals surface area contributed by atoms with E-state index < -0.39 is 0 Å². The molecule has 0 saturated heterocycles. The number of halogens is 2. The Labute approximate surface area is 155 Å². The average molecular weight is 374 g/mol. The van der Waals surface area contributed by atoms with Gasteiger partial charge >= 0.3 is 0 Å². The number of hydrogen-bond acceptors (Lipinski definition) is 2. The summed E-state index contributed by atoms with van der Waals surface area (Å²) in [6.45, 7) is 4.12. The summed E-state index contributed by atoms with van der Waals surface area (Å²) in [5, 5.41) is 5.98. The van der Waals surface area contributed by atoms with Crippen molar-refractivity contribution in [3.8, 4) is 0 Å². The number of benzene rings is 2. The van der Waals surface area contributed by atoms with Crippen molar-refractivity contribution >= 4 is 46.2 Å². The molecule has 0 unspecified atom stereocenters. The Kier molecular flexibility index (Phi) is 5.11. The molecule has 3 rings (SSSR count). The molecule has 0 saturated carbocycles. The molecule has 4 nitrogen and oxygen atoms in total. The van der Waals surface area contributed by atoms with Gasteiger partial charge in [0.05, 0.1) is 16.3 Å². The number of carbonyl (C=O) groups excluding carboxylic acids is 1. The normalized spacial score (nSPS) is 11.6. The summed E-state index contributed by atoms with van der Waals surface area (Å²) in [6.07, 6.45) is 1.53. The molecule has 0 bridgehead atoms. The van der Waals surface area contributed by atoms with Crippen molar-refractivity contribution in [1.29, 1.82) is 0 Å². The van der Waals surface area contributed by atoms with Crippen LogP contribution in [0.3, 0.4) is 0 Å². The molecule has 0 atom stereocenters. The van der Waals surface area contributed by atoms with Crippen LogP contribution >= 0.6 is 23.2 Å². The largest absolute Gasteiger partial charge is 0.350 e. The molecular weight excluding hydrogens is 357 g/mol. The van der Waals surface area contributed by atoms with Crippen LogP contribution in [-0.4, -0.2) is 17.1 Å². The number of hydrazone groups is 1. The van der Waals surface area contributed by atoms with Gasteiger partial charge in [-0.05, 0) is 35.2 Å². The van der Waals surface area contributed by atoms with Crippen LogP contribution in [0, 0.1) is 0 Å². The lowest BCUT2D eigenvalue weighted by molar-refractivity contribution is 0.0949. The van der Waals surface area contributed by atoms with Crippen molar-refractivity contribution < 1.29 is 4.79 Å². The topological polar surface area (TPSA) is 57.2 Å². The van der Waals surface area contributed by atoms with Gasteiger partial charge in [-0.25, -0.2) is 5.43 Å². The number of rotatable bonds is 4. The molecule has 0 aliphatic carbocycles. The first-order valence-corrected chi connectivity index (χ1v) is 8.62. The van der Waals surface area contributed by atoms with Gasteiger partial charge < -0.3 is 4.98 Å². The zero-order valence-electron chi connectivity index (χ0n) is 13.8. The Morgan fingerprint density at radius 3 is 2.64 bits per heavy atom. The molecule has 0 aliphatic rings. The lowest BCUT2D eigenvalue weighted by Gasteiger charge is -2.07. The van der Waals surface area contributed by atoms with E-state index in [0.29, 0.717) is 15.7 Å². The van der Waals surface area contributed by atoms with Gasteiger partial charge in [-0.15, -0.1) is 0 Å². The highest BCUT2D eigenvalue weighted by atomic mass is 35.5. The first-order valence-electron chi connectivity index (χ1n) is 7.86. The molecule has 1 amide bonds. The number of aromatic nitrogens is 1. The monoisotopic (exact) mass is 373 g/mol. The second kappa shape index (κ2) is 7.30. The van der Waals surface area contributed by atoms with Crippen LogP contribution in [0.2, 0.25) is 10.0 Å². The minimum absolute atomic E-state index is 0.205. The second-order valence-corrected chi connectivity index (χ2v) is 6.80. The summed E-state index contributed by atoms with van der Waals surface area (Å²) in [4.78, 5) is 15.7. The highest BCUT2D eigenvalue weighted by Gasteiger charge is 2.19. The Hall–Kier alpha value is -2.30. The Balaban J connectivity index is 1.83. The summed E-state index contributed by atoms with van der Waals surface area (Å²) in [6, 6.07) is 13.0. The second-order valence-electron chi connectivity index (χ2n) is 5.99. The van der Waals surface area contributed by atoms with Crippen LogP contribution in [-0.2, 0) is 0 Å². The van der Waals surface area contributed by atoms with E-state index >= 15 is 0 Å². The van der Waals surface area contributed by atoms with Crippen LogP contribution in [0.15, 0.2) is 47.6 Å². The molecule has 0 aliphatic heterocycles. The van der Waals surface area contributed by atoms with Gasteiger partial charge in [-0.1, -0.05) is 61.3 Å². The quantitative estimate of drug-likeness (QED) is 0.469. The molecule has 1 heterocycles. The van der Waals surface area contributed by atoms with E-state index in [1.165, 1.54) is 6.21 Å². The fourth-order valence-corrected chi connectivity index (χ4v) is 3.06. The number of amides is 1. The fourth-order valence-electron chi connectivity index (χ4n) is 2.76. The van der Waals surface area contributed by atoms with Crippen LogP contribution < -0.4 is 5.43 Å². The number of H-pyrrole nitrogens is 1. The van der Waals surface area contributed by atoms with E-state index in [2.05, 4.69) is 29.4 Å². The van der Waals surface area contributed by atoms with Crippen molar-refractivity contribution in [2.24, 2.45) is 5.10 Å². The van der Waals surface area contributed by atoms with Gasteiger partial charge in [-0.2, -0.15) is 5.10 Å². The molecule has 0 radical (unpaired) electrons. The number of carbonyl (C=O) groups is 1. The molecule has 25 heavy (non-hydrogen) atoms. The predicted octanol–water partition coefficient (Wildman–Crippen LogP) is 5.36. The number of nitrogens with zero attached hydrogens (tertiary/aromatic N) is 1. The van der Waals surface area contributed by atoms with E-state index in [9.17, 15) is 4.79 Å². The van der Waals surface area contributed by atoms with E-state index in [-0.39, 0.29) is 11.8 Å². The van der Waals surface area contributed by atoms with E-state index in [4.69, 9.17) is 23.2 Å². The third-order valence-corrected chi connectivity index (χ3v) is 4.61. The third kappa shape index (κ3) is 3.70. The molecule has 0 fully saturated rings. The Morgan fingerprint density at radius 1 is 1.16 bits per heavy atom. The average Bonchev–Trinajstić information content (AvgIpc) is 2.98. The number of aromatic amines is 1. The summed E-state index contributed by atoms with van der Waals surface area (Å²) < 4.78 is 0. The maximum Gasteiger partial charge on any atom is 0.288 e. The number of nitrogens with one attached hydrogen (secondary N) is 2. The van der Waals surface area contributed by atoms with Crippen molar-refractivity contribution in [2.75, 3.05) is 0 Å². The summed E-state index contributed by atoms with van der Waals surface area (Å²) in [5.41, 5.74) is 5.76. The summed E-state index contributed by atoms with van der Waals surface area (Å²) >= 11 is 11.8. The molecule has 1 aromatic heterocycles. The Morgan fingerprint density at radius 2 is 1.92 bits per heavy atom. The Bertz CT molecular complexity index is 960. The molecular formula is C19H17Cl2N3O. The van der Waals surface area contributed by atoms with Crippen molar-refractivity contribution in [3.05, 3.63) is 69.3 Å². The van der Waals surface area contributed by atoms with Crippen LogP contribution in [0.4, 0.5) is 0 Å². The summed E-state index contributed by atoms with van der Waals surface area (Å²) in [5.74, 6) is -0.0767. The molecule has 2 aromatic carbocycles. The van der Waals surface area contributed by atoms with Gasteiger partial charge in [0.2, 0.25) is 0 Å². The van der Waals surface area contributed by atoms with E-state index in [1.54, 1.807) is 18.2 Å². The number of fused-ring (bicyclic) bond motifs is 1.